The van der Waals surface area contributed by atoms with Crippen LogP contribution in [0.5, 0.6) is 0 Å². The van der Waals surface area contributed by atoms with Crippen molar-refractivity contribution in [3.8, 4) is 28.2 Å². The Bertz CT molecular complexity index is 4130. The Morgan fingerprint density at radius 3 is 1.30 bits per heavy atom. The highest BCUT2D eigenvalue weighted by Crippen LogP contribution is 2.41. The minimum atomic E-state index is -3.02. The Labute approximate surface area is 407 Å². The number of fused-ring (bicyclic) bond motifs is 9. The zero-order valence-corrected chi connectivity index (χ0v) is 39.3. The van der Waals surface area contributed by atoms with Crippen LogP contribution in [0.3, 0.4) is 0 Å². The Morgan fingerprint density at radius 2 is 0.700 bits per heavy atom. The van der Waals surface area contributed by atoms with Crippen LogP contribution in [0.2, 0.25) is 0 Å². The predicted molar refractivity (Wildman–Crippen MR) is 299 cm³/mol. The average Bonchev–Trinajstić information content (AvgIpc) is 4.08. The molecule has 3 aromatic heterocycles. The van der Waals surface area contributed by atoms with Gasteiger partial charge in [-0.1, -0.05) is 218 Å². The fraction of sp³-hybridized carbons (Fsp3) is 0. The molecule has 0 bridgehead atoms. The lowest BCUT2D eigenvalue weighted by Gasteiger charge is -2.35. The van der Waals surface area contributed by atoms with Gasteiger partial charge >= 0.3 is 0 Å². The average molecular weight is 908 g/mol. The summed E-state index contributed by atoms with van der Waals surface area (Å²) in [6.45, 7) is 0. The summed E-state index contributed by atoms with van der Waals surface area (Å²) < 4.78 is 7.55. The van der Waals surface area contributed by atoms with E-state index in [4.69, 9.17) is 0 Å². The van der Waals surface area contributed by atoms with E-state index < -0.39 is 8.07 Å². The van der Waals surface area contributed by atoms with E-state index in [1.807, 2.05) is 0 Å². The third-order valence-corrected chi connectivity index (χ3v) is 19.6. The third-order valence-electron chi connectivity index (χ3n) is 14.8. The quantitative estimate of drug-likeness (QED) is 0.107. The number of hydrogen-bond acceptors (Lipinski definition) is 0. The van der Waals surface area contributed by atoms with Crippen molar-refractivity contribution in [2.24, 2.45) is 0 Å². The molecule has 14 aromatic rings. The van der Waals surface area contributed by atoms with Gasteiger partial charge in [-0.2, -0.15) is 0 Å². The van der Waals surface area contributed by atoms with Gasteiger partial charge < -0.3 is 13.7 Å². The predicted octanol–water partition coefficient (Wildman–Crippen LogP) is 14.0. The highest BCUT2D eigenvalue weighted by atomic mass is 28.3. The Balaban J connectivity index is 1.15. The van der Waals surface area contributed by atoms with E-state index in [9.17, 15) is 0 Å². The molecule has 11 aromatic carbocycles. The highest BCUT2D eigenvalue weighted by Gasteiger charge is 2.43. The molecule has 0 atom stereocenters. The van der Waals surface area contributed by atoms with E-state index in [-0.39, 0.29) is 0 Å². The van der Waals surface area contributed by atoms with Crippen LogP contribution in [-0.4, -0.2) is 21.8 Å². The van der Waals surface area contributed by atoms with Crippen molar-refractivity contribution in [2.45, 2.75) is 0 Å². The van der Waals surface area contributed by atoms with Crippen LogP contribution in [0.15, 0.2) is 273 Å². The summed E-state index contributed by atoms with van der Waals surface area (Å²) in [5, 5.41) is 12.8. The summed E-state index contributed by atoms with van der Waals surface area (Å²) in [7, 11) is -3.02. The van der Waals surface area contributed by atoms with Crippen LogP contribution < -0.4 is 20.7 Å². The molecule has 0 radical (unpaired) electrons. The number of aromatic nitrogens is 3. The second-order valence-corrected chi connectivity index (χ2v) is 22.2. The monoisotopic (exact) mass is 907 g/mol. The van der Waals surface area contributed by atoms with Gasteiger partial charge in [0.15, 0.2) is 8.07 Å². The fourth-order valence-corrected chi connectivity index (χ4v) is 16.9. The van der Waals surface area contributed by atoms with E-state index in [0.29, 0.717) is 0 Å². The van der Waals surface area contributed by atoms with Gasteiger partial charge in [-0.3, -0.25) is 0 Å². The number of hydrogen-bond donors (Lipinski definition) is 0. The first kappa shape index (κ1) is 40.1. The molecule has 4 heteroatoms. The number of rotatable bonds is 8. The summed E-state index contributed by atoms with van der Waals surface area (Å²) in [6, 6.07) is 102. The molecule has 0 spiro atoms. The smallest absolute Gasteiger partial charge is 0.180 e. The summed E-state index contributed by atoms with van der Waals surface area (Å²) in [5.74, 6) is 0. The molecule has 0 N–H and O–H groups in total. The summed E-state index contributed by atoms with van der Waals surface area (Å²) in [5.41, 5.74) is 12.8. The first-order chi connectivity index (χ1) is 34.8. The second kappa shape index (κ2) is 16.1. The van der Waals surface area contributed by atoms with Crippen LogP contribution in [0, 0.1) is 0 Å². The largest absolute Gasteiger partial charge is 0.309 e. The molecule has 0 saturated carbocycles. The standard InChI is InChI=1S/C66H45N3Si/c1-5-22-46(23-6-1)47-24-19-25-48(44-47)67-58-36-16-13-34-55(58)56-43-42-49(45-63(56)67)68-61-39-21-41-64(70(50-26-7-2-8-27-50,51-28-9-3-10-29-51)52-30-11-4-12-31-52)65(61)57-35-20-40-62(66(57)68)69-59-37-17-14-32-53(59)54-33-15-18-38-60(54)69/h1-45H. The molecule has 0 fully saturated rings. The van der Waals surface area contributed by atoms with Gasteiger partial charge in [0.05, 0.1) is 38.8 Å². The minimum Gasteiger partial charge on any atom is -0.309 e. The zero-order valence-electron chi connectivity index (χ0n) is 38.3. The van der Waals surface area contributed by atoms with Crippen LogP contribution >= 0.6 is 0 Å². The maximum atomic E-state index is 2.58. The van der Waals surface area contributed by atoms with E-state index in [1.165, 1.54) is 91.8 Å². The lowest BCUT2D eigenvalue weighted by Crippen LogP contribution is -2.74. The molecule has 0 saturated heterocycles. The summed E-state index contributed by atoms with van der Waals surface area (Å²) in [6.07, 6.45) is 0. The molecule has 328 valence electrons. The van der Waals surface area contributed by atoms with E-state index >= 15 is 0 Å². The molecule has 3 heterocycles. The molecular formula is C66H45N3Si. The maximum absolute atomic E-state index is 3.02. The maximum Gasteiger partial charge on any atom is 0.180 e. The van der Waals surface area contributed by atoms with Crippen molar-refractivity contribution >= 4 is 94.2 Å². The van der Waals surface area contributed by atoms with Crippen LogP contribution in [0.4, 0.5) is 0 Å². The van der Waals surface area contributed by atoms with E-state index in [1.54, 1.807) is 0 Å². The SMILES string of the molecule is c1ccc(-c2cccc(-n3c4ccccc4c4ccc(-n5c6cccc([Si](c7ccccc7)(c7ccccc7)c7ccccc7)c6c6cccc(-n7c8ccccc8c8ccccc87)c65)cc43)c2)cc1. The normalized spacial score (nSPS) is 12.0. The Hall–Kier alpha value is -8.96. The Morgan fingerprint density at radius 1 is 0.257 bits per heavy atom. The summed E-state index contributed by atoms with van der Waals surface area (Å²) in [4.78, 5) is 0. The van der Waals surface area contributed by atoms with Crippen molar-refractivity contribution in [1.29, 1.82) is 0 Å². The van der Waals surface area contributed by atoms with E-state index in [2.05, 4.69) is 287 Å². The molecule has 0 aliphatic rings. The number of benzene rings is 11. The van der Waals surface area contributed by atoms with Gasteiger partial charge in [-0.25, -0.2) is 0 Å². The minimum absolute atomic E-state index is 1.10. The van der Waals surface area contributed by atoms with Crippen molar-refractivity contribution in [1.82, 2.24) is 13.7 Å². The zero-order chi connectivity index (χ0) is 46.2. The van der Waals surface area contributed by atoms with Gasteiger partial charge in [-0.05, 0) is 86.5 Å². The highest BCUT2D eigenvalue weighted by molar-refractivity contribution is 7.20. The summed E-state index contributed by atoms with van der Waals surface area (Å²) >= 11 is 0. The molecule has 3 nitrogen and oxygen atoms in total. The molecule has 14 rings (SSSR count). The topological polar surface area (TPSA) is 14.8 Å². The van der Waals surface area contributed by atoms with Crippen molar-refractivity contribution < 1.29 is 0 Å². The third kappa shape index (κ3) is 5.94. The van der Waals surface area contributed by atoms with Gasteiger partial charge in [0.1, 0.15) is 0 Å². The van der Waals surface area contributed by atoms with Crippen molar-refractivity contribution in [2.75, 3.05) is 0 Å². The lowest BCUT2D eigenvalue weighted by atomic mass is 10.1. The van der Waals surface area contributed by atoms with Gasteiger partial charge in [-0.15, -0.1) is 0 Å². The van der Waals surface area contributed by atoms with Crippen molar-refractivity contribution in [3.63, 3.8) is 0 Å². The van der Waals surface area contributed by atoms with Gasteiger partial charge in [0, 0.05) is 43.7 Å². The van der Waals surface area contributed by atoms with Crippen LogP contribution in [0.1, 0.15) is 0 Å². The van der Waals surface area contributed by atoms with Crippen molar-refractivity contribution in [3.05, 3.63) is 273 Å². The molecule has 0 unspecified atom stereocenters. The molecule has 0 amide bonds. The van der Waals surface area contributed by atoms with Gasteiger partial charge in [0.25, 0.3) is 0 Å². The first-order valence-corrected chi connectivity index (χ1v) is 26.2. The molecule has 0 aliphatic carbocycles. The molecule has 0 aliphatic heterocycles. The number of nitrogens with zero attached hydrogens (tertiary/aromatic N) is 3. The molecule has 70 heavy (non-hydrogen) atoms. The van der Waals surface area contributed by atoms with E-state index in [0.717, 1.165) is 22.6 Å². The fourth-order valence-electron chi connectivity index (χ4n) is 11.9. The second-order valence-electron chi connectivity index (χ2n) is 18.4. The molecular weight excluding hydrogens is 863 g/mol. The van der Waals surface area contributed by atoms with Crippen LogP contribution in [-0.2, 0) is 0 Å². The van der Waals surface area contributed by atoms with Crippen LogP contribution in [0.25, 0.3) is 93.6 Å². The van der Waals surface area contributed by atoms with Gasteiger partial charge in [0.2, 0.25) is 0 Å². The Kier molecular flexibility index (Phi) is 9.23. The first-order valence-electron chi connectivity index (χ1n) is 24.2. The number of para-hydroxylation sites is 4. The lowest BCUT2D eigenvalue weighted by molar-refractivity contribution is 1.13.